The predicted molar refractivity (Wildman–Crippen MR) is 61.9 cm³/mol. The second-order valence-electron chi connectivity index (χ2n) is 4.14. The summed E-state index contributed by atoms with van der Waals surface area (Å²) in [4.78, 5) is 29.5. The minimum Gasteiger partial charge on any atom is -0.463 e. The Morgan fingerprint density at radius 2 is 2.47 bits per heavy atom. The summed E-state index contributed by atoms with van der Waals surface area (Å²) in [5, 5.41) is 9.78. The average molecular weight is 270 g/mol. The third-order valence-electron chi connectivity index (χ3n) is 2.71. The lowest BCUT2D eigenvalue weighted by atomic mass is 10.2. The van der Waals surface area contributed by atoms with Crippen molar-refractivity contribution in [3.8, 4) is 0 Å². The molecule has 1 unspecified atom stereocenters. The van der Waals surface area contributed by atoms with E-state index in [1.807, 2.05) is 0 Å². The van der Waals surface area contributed by atoms with E-state index in [9.17, 15) is 14.7 Å². The van der Waals surface area contributed by atoms with Crippen LogP contribution < -0.4 is 11.4 Å². The molecular formula is C10H14N4O5. The summed E-state index contributed by atoms with van der Waals surface area (Å²) in [6.45, 7) is 1.19. The van der Waals surface area contributed by atoms with Crippen molar-refractivity contribution in [2.75, 3.05) is 12.3 Å². The van der Waals surface area contributed by atoms with Crippen molar-refractivity contribution in [3.63, 3.8) is 0 Å². The van der Waals surface area contributed by atoms with Gasteiger partial charge in [0, 0.05) is 13.3 Å². The largest absolute Gasteiger partial charge is 0.463 e. The van der Waals surface area contributed by atoms with Crippen LogP contribution in [0.3, 0.4) is 0 Å². The van der Waals surface area contributed by atoms with E-state index in [2.05, 4.69) is 9.97 Å². The van der Waals surface area contributed by atoms with Crippen LogP contribution in [0.5, 0.6) is 0 Å². The first-order valence-electron chi connectivity index (χ1n) is 5.65. The molecule has 3 atom stereocenters. The molecule has 1 fully saturated rings. The fourth-order valence-corrected chi connectivity index (χ4v) is 1.79. The highest BCUT2D eigenvalue weighted by Gasteiger charge is 2.36. The van der Waals surface area contributed by atoms with Crippen LogP contribution in [-0.2, 0) is 14.3 Å². The standard InChI is InChI=1S/C10H14N4O5/c1-5(15)18-3-7-6(16)2-8(19-7)14-4-12-9(11)13-10(14)17/h4,6-8,16H,2-3H2,1H3,(H2,11,13,17)/t6?,7-,8-/m1/s1. The van der Waals surface area contributed by atoms with E-state index in [1.165, 1.54) is 13.3 Å². The Balaban J connectivity index is 2.07. The van der Waals surface area contributed by atoms with Gasteiger partial charge in [0.1, 0.15) is 25.3 Å². The third-order valence-corrected chi connectivity index (χ3v) is 2.71. The number of esters is 1. The average Bonchev–Trinajstić information content (AvgIpc) is 2.67. The molecule has 2 heterocycles. The van der Waals surface area contributed by atoms with Crippen LogP contribution in [0.25, 0.3) is 0 Å². The number of hydrogen-bond acceptors (Lipinski definition) is 8. The summed E-state index contributed by atoms with van der Waals surface area (Å²) >= 11 is 0. The van der Waals surface area contributed by atoms with Crippen molar-refractivity contribution >= 4 is 11.9 Å². The molecule has 3 N–H and O–H groups in total. The van der Waals surface area contributed by atoms with E-state index in [1.54, 1.807) is 0 Å². The van der Waals surface area contributed by atoms with Crippen LogP contribution in [0, 0.1) is 0 Å². The van der Waals surface area contributed by atoms with E-state index in [0.717, 1.165) is 4.57 Å². The zero-order chi connectivity index (χ0) is 14.0. The van der Waals surface area contributed by atoms with E-state index in [0.29, 0.717) is 0 Å². The van der Waals surface area contributed by atoms with Crippen LogP contribution in [-0.4, -0.2) is 44.4 Å². The molecule has 0 aromatic carbocycles. The number of nitrogens with two attached hydrogens (primary N) is 1. The molecule has 1 aliphatic rings. The van der Waals surface area contributed by atoms with Gasteiger partial charge in [0.15, 0.2) is 0 Å². The van der Waals surface area contributed by atoms with Gasteiger partial charge in [0.05, 0.1) is 6.10 Å². The minimum absolute atomic E-state index is 0.0718. The summed E-state index contributed by atoms with van der Waals surface area (Å²) in [6.07, 6.45) is -0.842. The number of ether oxygens (including phenoxy) is 2. The lowest BCUT2D eigenvalue weighted by Gasteiger charge is -2.15. The zero-order valence-electron chi connectivity index (χ0n) is 10.2. The SMILES string of the molecule is CC(=O)OC[C@H]1O[C@@H](n2cnc(N)nc2=O)CC1O. The van der Waals surface area contributed by atoms with E-state index < -0.39 is 30.1 Å². The highest BCUT2D eigenvalue weighted by atomic mass is 16.6. The first kappa shape index (κ1) is 13.4. The van der Waals surface area contributed by atoms with Gasteiger partial charge in [-0.1, -0.05) is 0 Å². The molecule has 2 rings (SSSR count). The summed E-state index contributed by atoms with van der Waals surface area (Å²) in [5.41, 5.74) is 4.67. The number of hydrogen-bond donors (Lipinski definition) is 2. The fourth-order valence-electron chi connectivity index (χ4n) is 1.79. The smallest absolute Gasteiger partial charge is 0.354 e. The van der Waals surface area contributed by atoms with Crippen molar-refractivity contribution in [2.24, 2.45) is 0 Å². The van der Waals surface area contributed by atoms with Crippen LogP contribution in [0.15, 0.2) is 11.1 Å². The molecule has 0 saturated carbocycles. The fraction of sp³-hybridized carbons (Fsp3) is 0.600. The Morgan fingerprint density at radius 3 is 3.11 bits per heavy atom. The Labute approximate surface area is 108 Å². The van der Waals surface area contributed by atoms with Crippen molar-refractivity contribution < 1.29 is 19.4 Å². The van der Waals surface area contributed by atoms with Gasteiger partial charge < -0.3 is 20.3 Å². The van der Waals surface area contributed by atoms with Crippen molar-refractivity contribution in [3.05, 3.63) is 16.8 Å². The van der Waals surface area contributed by atoms with Crippen molar-refractivity contribution in [1.29, 1.82) is 0 Å². The topological polar surface area (TPSA) is 130 Å². The molecule has 0 bridgehead atoms. The Bertz CT molecular complexity index is 531. The van der Waals surface area contributed by atoms with E-state index in [4.69, 9.17) is 15.2 Å². The number of carbonyl (C=O) groups excluding carboxylic acids is 1. The lowest BCUT2D eigenvalue weighted by Crippen LogP contribution is -2.29. The molecule has 1 aliphatic heterocycles. The maximum Gasteiger partial charge on any atom is 0.354 e. The molecule has 104 valence electrons. The molecule has 0 spiro atoms. The van der Waals surface area contributed by atoms with Gasteiger partial charge in [-0.05, 0) is 0 Å². The van der Waals surface area contributed by atoms with Gasteiger partial charge >= 0.3 is 11.7 Å². The van der Waals surface area contributed by atoms with Crippen molar-refractivity contribution in [2.45, 2.75) is 31.8 Å². The molecule has 0 amide bonds. The molecule has 0 aliphatic carbocycles. The summed E-state index contributed by atoms with van der Waals surface area (Å²) in [7, 11) is 0. The Hall–Kier alpha value is -2.00. The summed E-state index contributed by atoms with van der Waals surface area (Å²) in [5.74, 6) is -0.594. The minimum atomic E-state index is -0.839. The molecule has 1 aromatic heterocycles. The number of nitrogen functional groups attached to an aromatic ring is 1. The van der Waals surface area contributed by atoms with Crippen LogP contribution in [0.2, 0.25) is 0 Å². The van der Waals surface area contributed by atoms with Gasteiger partial charge in [-0.2, -0.15) is 4.98 Å². The van der Waals surface area contributed by atoms with Crippen LogP contribution in [0.4, 0.5) is 5.95 Å². The second kappa shape index (κ2) is 5.33. The molecule has 0 radical (unpaired) electrons. The Kier molecular flexibility index (Phi) is 3.76. The van der Waals surface area contributed by atoms with Crippen LogP contribution >= 0.6 is 0 Å². The first-order valence-corrected chi connectivity index (χ1v) is 5.65. The van der Waals surface area contributed by atoms with Gasteiger partial charge in [-0.15, -0.1) is 0 Å². The number of carbonyl (C=O) groups is 1. The normalized spacial score (nSPS) is 26.3. The molecule has 19 heavy (non-hydrogen) atoms. The monoisotopic (exact) mass is 270 g/mol. The van der Waals surface area contributed by atoms with Crippen LogP contribution in [0.1, 0.15) is 19.6 Å². The number of nitrogens with zero attached hydrogens (tertiary/aromatic N) is 3. The zero-order valence-corrected chi connectivity index (χ0v) is 10.2. The quantitative estimate of drug-likeness (QED) is 0.630. The molecule has 1 aromatic rings. The lowest BCUT2D eigenvalue weighted by molar-refractivity contribution is -0.147. The number of rotatable bonds is 3. The number of aliphatic hydroxyl groups is 1. The molecule has 1 saturated heterocycles. The third kappa shape index (κ3) is 3.06. The van der Waals surface area contributed by atoms with Gasteiger partial charge in [-0.3, -0.25) is 9.36 Å². The van der Waals surface area contributed by atoms with E-state index >= 15 is 0 Å². The highest BCUT2D eigenvalue weighted by molar-refractivity contribution is 5.65. The Morgan fingerprint density at radius 1 is 1.74 bits per heavy atom. The summed E-state index contributed by atoms with van der Waals surface area (Å²) < 4.78 is 11.3. The van der Waals surface area contributed by atoms with Gasteiger partial charge in [0.2, 0.25) is 5.95 Å². The second-order valence-corrected chi connectivity index (χ2v) is 4.14. The predicted octanol–water partition coefficient (Wildman–Crippen LogP) is -1.57. The molecule has 9 nitrogen and oxygen atoms in total. The number of aromatic nitrogens is 3. The number of anilines is 1. The van der Waals surface area contributed by atoms with E-state index in [-0.39, 0.29) is 19.0 Å². The van der Waals surface area contributed by atoms with Gasteiger partial charge in [-0.25, -0.2) is 9.78 Å². The maximum absolute atomic E-state index is 11.6. The maximum atomic E-state index is 11.6. The van der Waals surface area contributed by atoms with Gasteiger partial charge in [0.25, 0.3) is 0 Å². The highest BCUT2D eigenvalue weighted by Crippen LogP contribution is 2.27. The molecular weight excluding hydrogens is 256 g/mol. The first-order chi connectivity index (χ1) is 8.97. The van der Waals surface area contributed by atoms with Crippen molar-refractivity contribution in [1.82, 2.24) is 14.5 Å². The molecule has 9 heteroatoms. The number of aliphatic hydroxyl groups excluding tert-OH is 1. The summed E-state index contributed by atoms with van der Waals surface area (Å²) in [6, 6.07) is 0.